The van der Waals surface area contributed by atoms with E-state index in [1.165, 1.54) is 11.3 Å². The van der Waals surface area contributed by atoms with E-state index in [2.05, 4.69) is 0 Å². The maximum Gasteiger partial charge on any atom is 0.265 e. The molecule has 0 fully saturated rings. The lowest BCUT2D eigenvalue weighted by molar-refractivity contribution is 0.0665. The van der Waals surface area contributed by atoms with Gasteiger partial charge < -0.3 is 4.90 Å². The molecule has 2 nitrogen and oxygen atoms in total. The van der Waals surface area contributed by atoms with Gasteiger partial charge in [0, 0.05) is 12.9 Å². The van der Waals surface area contributed by atoms with Crippen LogP contribution < -0.4 is 0 Å². The molecule has 0 spiro atoms. The summed E-state index contributed by atoms with van der Waals surface area (Å²) in [5.74, 6) is 0.304. The quantitative estimate of drug-likeness (QED) is 0.767. The Bertz CT molecular complexity index is 362. The van der Waals surface area contributed by atoms with E-state index in [-0.39, 0.29) is 11.4 Å². The number of alkyl halides is 1. The van der Waals surface area contributed by atoms with E-state index in [1.54, 1.807) is 23.4 Å². The molecule has 0 aromatic carbocycles. The molecule has 0 aliphatic carbocycles. The number of carbonyl (C=O) groups excluding carboxylic acids is 1. The van der Waals surface area contributed by atoms with Gasteiger partial charge in [-0.2, -0.15) is 0 Å². The summed E-state index contributed by atoms with van der Waals surface area (Å²) in [7, 11) is 1.74. The summed E-state index contributed by atoms with van der Waals surface area (Å²) >= 11 is 13.1. The molecule has 0 saturated heterocycles. The summed E-state index contributed by atoms with van der Waals surface area (Å²) in [6, 6.07) is 1.72. The van der Waals surface area contributed by atoms with Crippen molar-refractivity contribution in [2.45, 2.75) is 19.4 Å². The molecular formula is C10H13Cl2NOS. The highest BCUT2D eigenvalue weighted by Crippen LogP contribution is 2.26. The lowest BCUT2D eigenvalue weighted by Gasteiger charge is -2.33. The predicted molar refractivity (Wildman–Crippen MR) is 66.2 cm³/mol. The fourth-order valence-corrected chi connectivity index (χ4v) is 2.25. The van der Waals surface area contributed by atoms with Crippen LogP contribution >= 0.6 is 34.5 Å². The van der Waals surface area contributed by atoms with Gasteiger partial charge in [-0.25, -0.2) is 0 Å². The van der Waals surface area contributed by atoms with Gasteiger partial charge in [0.1, 0.15) is 4.88 Å². The Labute approximate surface area is 104 Å². The number of nitrogens with zero attached hydrogens (tertiary/aromatic N) is 1. The number of carbonyl (C=O) groups is 1. The van der Waals surface area contributed by atoms with Gasteiger partial charge in [-0.3, -0.25) is 4.79 Å². The van der Waals surface area contributed by atoms with E-state index in [9.17, 15) is 4.79 Å². The van der Waals surface area contributed by atoms with Gasteiger partial charge in [0.2, 0.25) is 0 Å². The zero-order valence-corrected chi connectivity index (χ0v) is 11.2. The van der Waals surface area contributed by atoms with E-state index in [1.807, 2.05) is 13.8 Å². The first-order valence-corrected chi connectivity index (χ1v) is 6.26. The smallest absolute Gasteiger partial charge is 0.265 e. The van der Waals surface area contributed by atoms with E-state index in [0.29, 0.717) is 15.8 Å². The number of hydrogen-bond donors (Lipinski definition) is 0. The third-order valence-electron chi connectivity index (χ3n) is 2.35. The third kappa shape index (κ3) is 2.65. The lowest BCUT2D eigenvalue weighted by Crippen LogP contribution is -2.46. The van der Waals surface area contributed by atoms with Gasteiger partial charge in [-0.15, -0.1) is 22.9 Å². The van der Waals surface area contributed by atoms with Gasteiger partial charge in [-0.05, 0) is 25.3 Å². The maximum atomic E-state index is 12.0. The summed E-state index contributed by atoms with van der Waals surface area (Å²) in [6.45, 7) is 3.83. The Kier molecular flexibility index (Phi) is 4.04. The Morgan fingerprint density at radius 3 is 2.60 bits per heavy atom. The zero-order chi connectivity index (χ0) is 11.6. The van der Waals surface area contributed by atoms with Crippen molar-refractivity contribution < 1.29 is 4.79 Å². The molecule has 0 saturated carbocycles. The molecule has 84 valence electrons. The molecule has 0 bridgehead atoms. The second-order valence-corrected chi connectivity index (χ2v) is 5.50. The summed E-state index contributed by atoms with van der Waals surface area (Å²) < 4.78 is 0. The molecule has 1 aromatic rings. The summed E-state index contributed by atoms with van der Waals surface area (Å²) in [6.07, 6.45) is 0. The number of amides is 1. The fraction of sp³-hybridized carbons (Fsp3) is 0.500. The van der Waals surface area contributed by atoms with Crippen LogP contribution in [0.25, 0.3) is 0 Å². The molecular weight excluding hydrogens is 253 g/mol. The van der Waals surface area contributed by atoms with Crippen LogP contribution in [0, 0.1) is 0 Å². The molecule has 5 heteroatoms. The van der Waals surface area contributed by atoms with Gasteiger partial charge in [0.15, 0.2) is 0 Å². The van der Waals surface area contributed by atoms with Crippen molar-refractivity contribution in [2.75, 3.05) is 12.9 Å². The molecule has 1 rings (SSSR count). The molecule has 0 aliphatic rings. The third-order valence-corrected chi connectivity index (χ3v) is 4.33. The molecule has 1 aromatic heterocycles. The summed E-state index contributed by atoms with van der Waals surface area (Å²) in [4.78, 5) is 14.2. The number of halogens is 2. The average Bonchev–Trinajstić information content (AvgIpc) is 2.62. The Morgan fingerprint density at radius 2 is 2.20 bits per heavy atom. The second-order valence-electron chi connectivity index (χ2n) is 3.91. The predicted octanol–water partition coefficient (Wildman–Crippen LogP) is 3.49. The van der Waals surface area contributed by atoms with Crippen LogP contribution in [0.5, 0.6) is 0 Å². The molecule has 0 N–H and O–H groups in total. The molecule has 0 atom stereocenters. The Morgan fingerprint density at radius 1 is 1.60 bits per heavy atom. The first kappa shape index (κ1) is 12.8. The minimum Gasteiger partial charge on any atom is -0.335 e. The van der Waals surface area contributed by atoms with Crippen molar-refractivity contribution in [1.29, 1.82) is 0 Å². The van der Waals surface area contributed by atoms with E-state index >= 15 is 0 Å². The lowest BCUT2D eigenvalue weighted by atomic mass is 10.1. The van der Waals surface area contributed by atoms with Crippen molar-refractivity contribution in [3.63, 3.8) is 0 Å². The zero-order valence-electron chi connectivity index (χ0n) is 8.88. The standard InChI is InChI=1S/C10H13Cl2NOS/c1-10(2,6-11)13(3)9(14)8-7(12)4-5-15-8/h4-5H,6H2,1-3H3. The van der Waals surface area contributed by atoms with E-state index < -0.39 is 0 Å². The van der Waals surface area contributed by atoms with Crippen LogP contribution in [0.15, 0.2) is 11.4 Å². The van der Waals surface area contributed by atoms with Crippen molar-refractivity contribution >= 4 is 40.4 Å². The number of thiophene rings is 1. The second kappa shape index (κ2) is 4.73. The van der Waals surface area contributed by atoms with Gasteiger partial charge in [0.05, 0.1) is 10.6 Å². The largest absolute Gasteiger partial charge is 0.335 e. The molecule has 1 amide bonds. The van der Waals surface area contributed by atoms with Crippen LogP contribution in [0.3, 0.4) is 0 Å². The van der Waals surface area contributed by atoms with Crippen LogP contribution in [0.1, 0.15) is 23.5 Å². The first-order chi connectivity index (χ1) is 6.90. The number of rotatable bonds is 3. The first-order valence-electron chi connectivity index (χ1n) is 4.47. The minimum atomic E-state index is -0.369. The molecule has 15 heavy (non-hydrogen) atoms. The van der Waals surface area contributed by atoms with Crippen molar-refractivity contribution in [1.82, 2.24) is 4.90 Å². The number of hydrogen-bond acceptors (Lipinski definition) is 2. The highest BCUT2D eigenvalue weighted by atomic mass is 35.5. The van der Waals surface area contributed by atoms with E-state index in [0.717, 1.165) is 0 Å². The SMILES string of the molecule is CN(C(=O)c1sccc1Cl)C(C)(C)CCl. The normalized spacial score (nSPS) is 11.5. The van der Waals surface area contributed by atoms with Crippen LogP contribution in [-0.2, 0) is 0 Å². The van der Waals surface area contributed by atoms with E-state index in [4.69, 9.17) is 23.2 Å². The van der Waals surface area contributed by atoms with Crippen molar-refractivity contribution in [3.05, 3.63) is 21.3 Å². The van der Waals surface area contributed by atoms with Crippen LogP contribution in [0.2, 0.25) is 5.02 Å². The summed E-state index contributed by atoms with van der Waals surface area (Å²) in [5, 5.41) is 2.30. The van der Waals surface area contributed by atoms with Crippen molar-refractivity contribution in [3.8, 4) is 0 Å². The van der Waals surface area contributed by atoms with Gasteiger partial charge in [0.25, 0.3) is 5.91 Å². The van der Waals surface area contributed by atoms with Crippen LogP contribution in [-0.4, -0.2) is 29.3 Å². The molecule has 1 heterocycles. The monoisotopic (exact) mass is 265 g/mol. The van der Waals surface area contributed by atoms with Gasteiger partial charge >= 0.3 is 0 Å². The fourth-order valence-electron chi connectivity index (χ4n) is 0.963. The van der Waals surface area contributed by atoms with Crippen molar-refractivity contribution in [2.24, 2.45) is 0 Å². The molecule has 0 aliphatic heterocycles. The molecule has 0 unspecified atom stereocenters. The Balaban J connectivity index is 2.92. The van der Waals surface area contributed by atoms with Gasteiger partial charge in [-0.1, -0.05) is 11.6 Å². The Hall–Kier alpha value is -0.250. The minimum absolute atomic E-state index is 0.0827. The average molecular weight is 266 g/mol. The maximum absolute atomic E-state index is 12.0. The summed E-state index contributed by atoms with van der Waals surface area (Å²) in [5.41, 5.74) is -0.369. The highest BCUT2D eigenvalue weighted by Gasteiger charge is 2.28. The van der Waals surface area contributed by atoms with Crippen LogP contribution in [0.4, 0.5) is 0 Å². The topological polar surface area (TPSA) is 20.3 Å². The molecule has 0 radical (unpaired) electrons. The highest BCUT2D eigenvalue weighted by molar-refractivity contribution is 7.12.